The fourth-order valence-electron chi connectivity index (χ4n) is 1.59. The number of aromatic nitrogens is 4. The molecule has 2 heterocycles. The Morgan fingerprint density at radius 3 is 2.47 bits per heavy atom. The van der Waals surface area contributed by atoms with Crippen molar-refractivity contribution < 1.29 is 4.74 Å². The molecule has 0 bridgehead atoms. The van der Waals surface area contributed by atoms with E-state index in [0.29, 0.717) is 11.3 Å². The number of nitriles is 1. The van der Waals surface area contributed by atoms with Crippen LogP contribution in [0.25, 0.3) is 11.0 Å². The Balaban J connectivity index is 1.99. The SMILES string of the molecule is N#Cc1nccnc1Oc1ccc2nccnc2c1. The molecule has 19 heavy (non-hydrogen) atoms. The molecule has 0 amide bonds. The largest absolute Gasteiger partial charge is 0.436 e. The summed E-state index contributed by atoms with van der Waals surface area (Å²) in [5.74, 6) is 0.707. The van der Waals surface area contributed by atoms with Gasteiger partial charge in [0.25, 0.3) is 5.88 Å². The maximum Gasteiger partial charge on any atom is 0.256 e. The minimum atomic E-state index is 0.141. The van der Waals surface area contributed by atoms with Crippen molar-refractivity contribution in [1.29, 1.82) is 5.26 Å². The minimum Gasteiger partial charge on any atom is -0.436 e. The molecule has 2 aromatic heterocycles. The van der Waals surface area contributed by atoms with Gasteiger partial charge < -0.3 is 4.74 Å². The fraction of sp³-hybridized carbons (Fsp3) is 0. The number of benzene rings is 1. The Kier molecular flexibility index (Phi) is 2.71. The van der Waals surface area contributed by atoms with E-state index in [0.717, 1.165) is 5.52 Å². The van der Waals surface area contributed by atoms with E-state index >= 15 is 0 Å². The summed E-state index contributed by atoms with van der Waals surface area (Å²) in [6, 6.07) is 7.20. The lowest BCUT2D eigenvalue weighted by atomic mass is 10.3. The van der Waals surface area contributed by atoms with Crippen molar-refractivity contribution >= 4 is 11.0 Å². The van der Waals surface area contributed by atoms with Gasteiger partial charge in [0.1, 0.15) is 11.8 Å². The van der Waals surface area contributed by atoms with Crippen LogP contribution in [-0.4, -0.2) is 19.9 Å². The monoisotopic (exact) mass is 249 g/mol. The van der Waals surface area contributed by atoms with E-state index in [2.05, 4.69) is 19.9 Å². The molecular formula is C13H7N5O. The molecule has 0 aliphatic heterocycles. The van der Waals surface area contributed by atoms with Gasteiger partial charge in [0.05, 0.1) is 11.0 Å². The number of hydrogen-bond donors (Lipinski definition) is 0. The highest BCUT2D eigenvalue weighted by Crippen LogP contribution is 2.23. The Bertz CT molecular complexity index is 781. The van der Waals surface area contributed by atoms with E-state index in [9.17, 15) is 0 Å². The number of nitrogens with zero attached hydrogens (tertiary/aromatic N) is 5. The van der Waals surface area contributed by atoms with Gasteiger partial charge >= 0.3 is 0 Å². The second-order valence-electron chi connectivity index (χ2n) is 3.63. The molecular weight excluding hydrogens is 242 g/mol. The first-order valence-corrected chi connectivity index (χ1v) is 5.46. The molecule has 90 valence electrons. The highest BCUT2D eigenvalue weighted by atomic mass is 16.5. The summed E-state index contributed by atoms with van der Waals surface area (Å²) in [6.07, 6.45) is 6.14. The molecule has 3 aromatic rings. The first kappa shape index (κ1) is 11.0. The van der Waals surface area contributed by atoms with Gasteiger partial charge in [0.2, 0.25) is 5.69 Å². The first-order chi connectivity index (χ1) is 9.36. The van der Waals surface area contributed by atoms with Gasteiger partial charge in [-0.2, -0.15) is 5.26 Å². The van der Waals surface area contributed by atoms with E-state index in [1.54, 1.807) is 30.6 Å². The zero-order chi connectivity index (χ0) is 13.1. The van der Waals surface area contributed by atoms with Crippen LogP contribution in [0.3, 0.4) is 0 Å². The summed E-state index contributed by atoms with van der Waals surface area (Å²) in [6.45, 7) is 0. The molecule has 0 fully saturated rings. The number of rotatable bonds is 2. The van der Waals surface area contributed by atoms with Crippen molar-refractivity contribution in [3.63, 3.8) is 0 Å². The second kappa shape index (κ2) is 4.66. The predicted molar refractivity (Wildman–Crippen MR) is 66.4 cm³/mol. The highest BCUT2D eigenvalue weighted by molar-refractivity contribution is 5.75. The van der Waals surface area contributed by atoms with E-state index in [4.69, 9.17) is 10.00 Å². The summed E-state index contributed by atoms with van der Waals surface area (Å²) < 4.78 is 5.54. The number of ether oxygens (including phenoxy) is 1. The van der Waals surface area contributed by atoms with Crippen molar-refractivity contribution in [2.24, 2.45) is 0 Å². The van der Waals surface area contributed by atoms with Gasteiger partial charge in [0, 0.05) is 30.9 Å². The van der Waals surface area contributed by atoms with E-state index in [-0.39, 0.29) is 11.6 Å². The second-order valence-corrected chi connectivity index (χ2v) is 3.63. The smallest absolute Gasteiger partial charge is 0.256 e. The number of fused-ring (bicyclic) bond motifs is 1. The lowest BCUT2D eigenvalue weighted by Crippen LogP contribution is -1.94. The van der Waals surface area contributed by atoms with Crippen LogP contribution >= 0.6 is 0 Å². The van der Waals surface area contributed by atoms with Gasteiger partial charge in [0.15, 0.2) is 0 Å². The molecule has 0 atom stereocenters. The lowest BCUT2D eigenvalue weighted by Gasteiger charge is -2.05. The molecule has 0 saturated heterocycles. The standard InChI is InChI=1S/C13H7N5O/c14-8-12-13(18-6-5-17-12)19-9-1-2-10-11(7-9)16-4-3-15-10/h1-7H. The third kappa shape index (κ3) is 2.17. The van der Waals surface area contributed by atoms with Gasteiger partial charge in [-0.1, -0.05) is 0 Å². The Morgan fingerprint density at radius 1 is 0.895 bits per heavy atom. The summed E-state index contributed by atoms with van der Waals surface area (Å²) in [5, 5.41) is 8.91. The van der Waals surface area contributed by atoms with Crippen molar-refractivity contribution in [3.8, 4) is 17.7 Å². The maximum atomic E-state index is 8.91. The Labute approximate surface area is 108 Å². The highest BCUT2D eigenvalue weighted by Gasteiger charge is 2.07. The van der Waals surface area contributed by atoms with Crippen molar-refractivity contribution in [2.45, 2.75) is 0 Å². The molecule has 0 spiro atoms. The van der Waals surface area contributed by atoms with E-state index in [1.807, 2.05) is 6.07 Å². The van der Waals surface area contributed by atoms with Crippen LogP contribution in [0.4, 0.5) is 0 Å². The molecule has 6 nitrogen and oxygen atoms in total. The third-order valence-electron chi connectivity index (χ3n) is 2.43. The molecule has 0 aliphatic carbocycles. The van der Waals surface area contributed by atoms with Crippen molar-refractivity contribution in [2.75, 3.05) is 0 Å². The van der Waals surface area contributed by atoms with Crippen LogP contribution in [0.15, 0.2) is 43.0 Å². The Morgan fingerprint density at radius 2 is 1.63 bits per heavy atom. The van der Waals surface area contributed by atoms with Crippen LogP contribution in [0.1, 0.15) is 5.69 Å². The average Bonchev–Trinajstić information content (AvgIpc) is 2.48. The predicted octanol–water partition coefficient (Wildman–Crippen LogP) is 2.08. The summed E-state index contributed by atoms with van der Waals surface area (Å²) in [7, 11) is 0. The normalized spacial score (nSPS) is 10.1. The molecule has 0 unspecified atom stereocenters. The Hall–Kier alpha value is -3.07. The van der Waals surface area contributed by atoms with Crippen LogP contribution in [0.2, 0.25) is 0 Å². The number of hydrogen-bond acceptors (Lipinski definition) is 6. The fourth-order valence-corrected chi connectivity index (χ4v) is 1.59. The molecule has 6 heteroatoms. The average molecular weight is 249 g/mol. The van der Waals surface area contributed by atoms with Crippen LogP contribution in [-0.2, 0) is 0 Å². The van der Waals surface area contributed by atoms with Gasteiger partial charge in [-0.25, -0.2) is 9.97 Å². The summed E-state index contributed by atoms with van der Waals surface area (Å²) in [5.41, 5.74) is 1.62. The van der Waals surface area contributed by atoms with Crippen LogP contribution < -0.4 is 4.74 Å². The molecule has 0 radical (unpaired) electrons. The molecule has 3 rings (SSSR count). The lowest BCUT2D eigenvalue weighted by molar-refractivity contribution is 0.458. The molecule has 1 aromatic carbocycles. The quantitative estimate of drug-likeness (QED) is 0.691. The van der Waals surface area contributed by atoms with E-state index < -0.39 is 0 Å². The topological polar surface area (TPSA) is 84.6 Å². The van der Waals surface area contributed by atoms with Gasteiger partial charge in [-0.05, 0) is 12.1 Å². The zero-order valence-electron chi connectivity index (χ0n) is 9.69. The van der Waals surface area contributed by atoms with Crippen molar-refractivity contribution in [1.82, 2.24) is 19.9 Å². The van der Waals surface area contributed by atoms with Gasteiger partial charge in [-0.3, -0.25) is 9.97 Å². The minimum absolute atomic E-state index is 0.141. The summed E-state index contributed by atoms with van der Waals surface area (Å²) in [4.78, 5) is 16.2. The third-order valence-corrected chi connectivity index (χ3v) is 2.43. The van der Waals surface area contributed by atoms with E-state index in [1.165, 1.54) is 12.4 Å². The molecule has 0 saturated carbocycles. The molecule has 0 aliphatic rings. The first-order valence-electron chi connectivity index (χ1n) is 5.46. The summed E-state index contributed by atoms with van der Waals surface area (Å²) >= 11 is 0. The van der Waals surface area contributed by atoms with Crippen LogP contribution in [0.5, 0.6) is 11.6 Å². The van der Waals surface area contributed by atoms with Gasteiger partial charge in [-0.15, -0.1) is 0 Å². The van der Waals surface area contributed by atoms with Crippen LogP contribution in [0, 0.1) is 11.3 Å². The molecule has 0 N–H and O–H groups in total. The maximum absolute atomic E-state index is 8.91. The van der Waals surface area contributed by atoms with Crippen molar-refractivity contribution in [3.05, 3.63) is 48.7 Å². The zero-order valence-corrected chi connectivity index (χ0v) is 9.69.